The van der Waals surface area contributed by atoms with Crippen LogP contribution in [0.1, 0.15) is 25.8 Å². The Labute approximate surface area is 114 Å². The largest absolute Gasteiger partial charge is 0.370 e. The van der Waals surface area contributed by atoms with Crippen molar-refractivity contribution >= 4 is 15.9 Å². The lowest BCUT2D eigenvalue weighted by Crippen LogP contribution is -2.30. The predicted molar refractivity (Wildman–Crippen MR) is 74.1 cm³/mol. The number of hydrogen-bond acceptors (Lipinski definition) is 3. The molecule has 1 rings (SSSR count). The maximum Gasteiger partial charge on any atom is 0.243 e. The van der Waals surface area contributed by atoms with Gasteiger partial charge in [0.1, 0.15) is 0 Å². The van der Waals surface area contributed by atoms with Crippen LogP contribution in [0, 0.1) is 0 Å². The number of rotatable bonds is 7. The molecule has 1 aromatic rings. The van der Waals surface area contributed by atoms with E-state index in [-0.39, 0.29) is 17.2 Å². The van der Waals surface area contributed by atoms with Crippen LogP contribution in [0.15, 0.2) is 29.2 Å². The highest BCUT2D eigenvalue weighted by Crippen LogP contribution is 2.16. The minimum absolute atomic E-state index is 0.266. The second kappa shape index (κ2) is 6.68. The van der Waals surface area contributed by atoms with E-state index in [4.69, 9.17) is 5.73 Å². The van der Waals surface area contributed by atoms with Crippen molar-refractivity contribution in [3.63, 3.8) is 0 Å². The molecule has 0 saturated carbocycles. The Hall–Kier alpha value is -1.40. The van der Waals surface area contributed by atoms with Gasteiger partial charge in [-0.2, -0.15) is 4.31 Å². The number of nitrogens with two attached hydrogens (primary N) is 1. The average Bonchev–Trinajstić information content (AvgIpc) is 2.38. The average molecular weight is 284 g/mol. The van der Waals surface area contributed by atoms with Crippen LogP contribution < -0.4 is 5.73 Å². The summed E-state index contributed by atoms with van der Waals surface area (Å²) in [4.78, 5) is 11.0. The van der Waals surface area contributed by atoms with E-state index in [1.807, 2.05) is 13.8 Å². The van der Waals surface area contributed by atoms with Gasteiger partial charge in [0.2, 0.25) is 15.9 Å². The van der Waals surface area contributed by atoms with Crippen LogP contribution in [0.4, 0.5) is 0 Å². The minimum atomic E-state index is -3.41. The second-order valence-corrected chi connectivity index (χ2v) is 6.14. The number of carbonyl (C=O) groups is 1. The minimum Gasteiger partial charge on any atom is -0.370 e. The SMILES string of the molecule is CCN(CC)S(=O)(=O)c1ccc(CCC(N)=O)cc1. The van der Waals surface area contributed by atoms with Crippen LogP contribution in [-0.2, 0) is 21.2 Å². The van der Waals surface area contributed by atoms with Gasteiger partial charge >= 0.3 is 0 Å². The van der Waals surface area contributed by atoms with E-state index in [9.17, 15) is 13.2 Å². The highest BCUT2D eigenvalue weighted by atomic mass is 32.2. The van der Waals surface area contributed by atoms with Crippen LogP contribution in [0.5, 0.6) is 0 Å². The molecule has 0 aliphatic heterocycles. The summed E-state index contributed by atoms with van der Waals surface area (Å²) in [5.74, 6) is -0.361. The molecule has 0 radical (unpaired) electrons. The van der Waals surface area contributed by atoms with Crippen molar-refractivity contribution in [2.24, 2.45) is 5.73 Å². The number of nitrogens with zero attached hydrogens (tertiary/aromatic N) is 1. The van der Waals surface area contributed by atoms with Crippen molar-refractivity contribution in [3.05, 3.63) is 29.8 Å². The molecular formula is C13H20N2O3S. The summed E-state index contributed by atoms with van der Waals surface area (Å²) < 4.78 is 25.9. The quantitative estimate of drug-likeness (QED) is 0.815. The van der Waals surface area contributed by atoms with Gasteiger partial charge in [-0.1, -0.05) is 26.0 Å². The molecule has 0 aliphatic carbocycles. The maximum absolute atomic E-state index is 12.2. The summed E-state index contributed by atoms with van der Waals surface area (Å²) in [5.41, 5.74) is 5.97. The number of primary amides is 1. The highest BCUT2D eigenvalue weighted by Gasteiger charge is 2.20. The Bertz CT molecular complexity index is 519. The van der Waals surface area contributed by atoms with Gasteiger partial charge in [-0.3, -0.25) is 4.79 Å². The predicted octanol–water partition coefficient (Wildman–Crippen LogP) is 1.13. The van der Waals surface area contributed by atoms with Gasteiger partial charge in [-0.15, -0.1) is 0 Å². The standard InChI is InChI=1S/C13H20N2O3S/c1-3-15(4-2)19(17,18)12-8-5-11(6-9-12)7-10-13(14)16/h5-6,8-9H,3-4,7,10H2,1-2H3,(H2,14,16). The van der Waals surface area contributed by atoms with E-state index in [0.717, 1.165) is 5.56 Å². The van der Waals surface area contributed by atoms with Crippen LogP contribution in [0.25, 0.3) is 0 Å². The molecule has 6 heteroatoms. The zero-order valence-electron chi connectivity index (χ0n) is 11.3. The van der Waals surface area contributed by atoms with Gasteiger partial charge in [0.05, 0.1) is 4.90 Å². The van der Waals surface area contributed by atoms with Crippen molar-refractivity contribution in [2.45, 2.75) is 31.6 Å². The summed E-state index contributed by atoms with van der Waals surface area (Å²) in [6, 6.07) is 6.59. The number of hydrogen-bond donors (Lipinski definition) is 1. The fourth-order valence-electron chi connectivity index (χ4n) is 1.81. The molecule has 0 fully saturated rings. The number of benzene rings is 1. The van der Waals surface area contributed by atoms with Gasteiger partial charge in [0.25, 0.3) is 0 Å². The molecule has 2 N–H and O–H groups in total. The third-order valence-corrected chi connectivity index (χ3v) is 4.99. The molecule has 0 aromatic heterocycles. The molecule has 5 nitrogen and oxygen atoms in total. The first-order chi connectivity index (χ1) is 8.91. The Balaban J connectivity index is 2.89. The van der Waals surface area contributed by atoms with E-state index >= 15 is 0 Å². The van der Waals surface area contributed by atoms with E-state index in [0.29, 0.717) is 19.5 Å². The summed E-state index contributed by atoms with van der Waals surface area (Å²) >= 11 is 0. The number of aryl methyl sites for hydroxylation is 1. The zero-order valence-corrected chi connectivity index (χ0v) is 12.1. The molecule has 0 saturated heterocycles. The molecule has 19 heavy (non-hydrogen) atoms. The Morgan fingerprint density at radius 2 is 1.68 bits per heavy atom. The van der Waals surface area contributed by atoms with Gasteiger partial charge in [-0.25, -0.2) is 8.42 Å². The van der Waals surface area contributed by atoms with Crippen LogP contribution in [-0.4, -0.2) is 31.7 Å². The van der Waals surface area contributed by atoms with E-state index in [1.54, 1.807) is 24.3 Å². The smallest absolute Gasteiger partial charge is 0.243 e. The first-order valence-electron chi connectivity index (χ1n) is 6.29. The van der Waals surface area contributed by atoms with Gasteiger partial charge < -0.3 is 5.73 Å². The van der Waals surface area contributed by atoms with Gasteiger partial charge in [0, 0.05) is 19.5 Å². The normalized spacial score (nSPS) is 11.7. The summed E-state index contributed by atoms with van der Waals surface area (Å²) in [6.07, 6.45) is 0.795. The lowest BCUT2D eigenvalue weighted by Gasteiger charge is -2.18. The Morgan fingerprint density at radius 1 is 1.16 bits per heavy atom. The maximum atomic E-state index is 12.2. The van der Waals surface area contributed by atoms with Crippen LogP contribution in [0.2, 0.25) is 0 Å². The molecule has 1 amide bonds. The summed E-state index contributed by atoms with van der Waals surface area (Å²) in [5, 5.41) is 0. The molecular weight excluding hydrogens is 264 g/mol. The first-order valence-corrected chi connectivity index (χ1v) is 7.73. The van der Waals surface area contributed by atoms with Crippen molar-refractivity contribution in [3.8, 4) is 0 Å². The number of carbonyl (C=O) groups excluding carboxylic acids is 1. The second-order valence-electron chi connectivity index (χ2n) is 4.20. The van der Waals surface area contributed by atoms with E-state index < -0.39 is 10.0 Å². The monoisotopic (exact) mass is 284 g/mol. The molecule has 0 unspecified atom stereocenters. The van der Waals surface area contributed by atoms with Crippen LogP contribution >= 0.6 is 0 Å². The number of sulfonamides is 1. The summed E-state index contributed by atoms with van der Waals surface area (Å²) in [6.45, 7) is 4.51. The fourth-order valence-corrected chi connectivity index (χ4v) is 3.27. The Kier molecular flexibility index (Phi) is 5.50. The first kappa shape index (κ1) is 15.7. The molecule has 1 aromatic carbocycles. The lowest BCUT2D eigenvalue weighted by atomic mass is 10.1. The van der Waals surface area contributed by atoms with Crippen molar-refractivity contribution in [1.29, 1.82) is 0 Å². The topological polar surface area (TPSA) is 80.5 Å². The van der Waals surface area contributed by atoms with Gasteiger partial charge in [-0.05, 0) is 24.1 Å². The molecule has 0 spiro atoms. The van der Waals surface area contributed by atoms with Crippen molar-refractivity contribution in [1.82, 2.24) is 4.31 Å². The highest BCUT2D eigenvalue weighted by molar-refractivity contribution is 7.89. The zero-order chi connectivity index (χ0) is 14.5. The molecule has 0 aliphatic rings. The third-order valence-electron chi connectivity index (χ3n) is 2.93. The van der Waals surface area contributed by atoms with Crippen molar-refractivity contribution in [2.75, 3.05) is 13.1 Å². The van der Waals surface area contributed by atoms with Crippen LogP contribution in [0.3, 0.4) is 0 Å². The third kappa shape index (κ3) is 4.04. The summed E-state index contributed by atoms with van der Waals surface area (Å²) in [7, 11) is -3.41. The Morgan fingerprint density at radius 3 is 2.11 bits per heavy atom. The molecule has 0 atom stereocenters. The lowest BCUT2D eigenvalue weighted by molar-refractivity contribution is -0.117. The van der Waals surface area contributed by atoms with Gasteiger partial charge in [0.15, 0.2) is 0 Å². The molecule has 0 heterocycles. The molecule has 106 valence electrons. The van der Waals surface area contributed by atoms with E-state index in [2.05, 4.69) is 0 Å². The fraction of sp³-hybridized carbons (Fsp3) is 0.462. The van der Waals surface area contributed by atoms with Crippen molar-refractivity contribution < 1.29 is 13.2 Å². The van der Waals surface area contributed by atoms with E-state index in [1.165, 1.54) is 4.31 Å². The number of amides is 1. The molecule has 0 bridgehead atoms.